The summed E-state index contributed by atoms with van der Waals surface area (Å²) in [5, 5.41) is 2.91. The van der Waals surface area contributed by atoms with Gasteiger partial charge in [0.1, 0.15) is 11.6 Å². The molecule has 1 aliphatic rings. The molecule has 0 saturated carbocycles. The molecule has 136 valence electrons. The van der Waals surface area contributed by atoms with Gasteiger partial charge in [-0.2, -0.15) is 0 Å². The zero-order valence-corrected chi connectivity index (χ0v) is 14.2. The average molecular weight is 357 g/mol. The smallest absolute Gasteiger partial charge is 0.344 e. The number of hydrogen-bond donors (Lipinski definition) is 1. The molecule has 0 heterocycles. The molecule has 1 atom stereocenters. The summed E-state index contributed by atoms with van der Waals surface area (Å²) in [5.41, 5.74) is 2.36. The lowest BCUT2D eigenvalue weighted by Gasteiger charge is -2.26. The fourth-order valence-electron chi connectivity index (χ4n) is 3.03. The maximum atomic E-state index is 13.0. The van der Waals surface area contributed by atoms with E-state index < -0.39 is 11.8 Å². The fourth-order valence-corrected chi connectivity index (χ4v) is 3.03. The number of carbonyl (C=O) groups excluding carboxylic acids is 2. The van der Waals surface area contributed by atoms with Crippen molar-refractivity contribution in [2.75, 3.05) is 13.2 Å². The molecule has 1 amide bonds. The van der Waals surface area contributed by atoms with Crippen LogP contribution in [0, 0.1) is 5.82 Å². The van der Waals surface area contributed by atoms with Crippen LogP contribution in [0.4, 0.5) is 4.39 Å². The van der Waals surface area contributed by atoms with Gasteiger partial charge < -0.3 is 14.8 Å². The Morgan fingerprint density at radius 1 is 1.12 bits per heavy atom. The Balaban J connectivity index is 1.43. The third kappa shape index (κ3) is 4.81. The molecule has 0 saturated heterocycles. The summed E-state index contributed by atoms with van der Waals surface area (Å²) >= 11 is 0. The first-order valence-electron chi connectivity index (χ1n) is 8.53. The van der Waals surface area contributed by atoms with Crippen molar-refractivity contribution in [2.45, 2.75) is 25.3 Å². The van der Waals surface area contributed by atoms with Crippen LogP contribution in [-0.2, 0) is 20.7 Å². The van der Waals surface area contributed by atoms with Crippen molar-refractivity contribution in [1.82, 2.24) is 5.32 Å². The summed E-state index contributed by atoms with van der Waals surface area (Å²) in [6.45, 7) is -0.757. The van der Waals surface area contributed by atoms with Gasteiger partial charge in [-0.15, -0.1) is 0 Å². The van der Waals surface area contributed by atoms with E-state index in [9.17, 15) is 14.0 Å². The lowest BCUT2D eigenvalue weighted by Crippen LogP contribution is -2.34. The summed E-state index contributed by atoms with van der Waals surface area (Å²) in [6, 6.07) is 13.4. The summed E-state index contributed by atoms with van der Waals surface area (Å²) in [6.07, 6.45) is 2.87. The number of carbonyl (C=O) groups is 2. The zero-order chi connectivity index (χ0) is 18.4. The molecule has 2 aromatic rings. The number of rotatable bonds is 6. The van der Waals surface area contributed by atoms with E-state index in [1.807, 2.05) is 18.2 Å². The van der Waals surface area contributed by atoms with E-state index >= 15 is 0 Å². The van der Waals surface area contributed by atoms with E-state index in [1.165, 1.54) is 29.8 Å². The van der Waals surface area contributed by atoms with Crippen molar-refractivity contribution in [1.29, 1.82) is 0 Å². The van der Waals surface area contributed by atoms with Crippen LogP contribution in [0.15, 0.2) is 48.5 Å². The van der Waals surface area contributed by atoms with E-state index in [-0.39, 0.29) is 30.9 Å². The lowest BCUT2D eigenvalue weighted by atomic mass is 9.88. The maximum absolute atomic E-state index is 13.0. The quantitative estimate of drug-likeness (QED) is 0.808. The molecule has 6 heteroatoms. The second kappa shape index (κ2) is 8.47. The largest absolute Gasteiger partial charge is 0.482 e. The molecule has 0 unspecified atom stereocenters. The minimum absolute atomic E-state index is 0.0605. The SMILES string of the molecule is O=C(COC(=O)COc1cccc(F)c1)N[C@@H]1CCCc2ccccc21. The molecule has 26 heavy (non-hydrogen) atoms. The second-order valence-corrected chi connectivity index (χ2v) is 6.12. The van der Waals surface area contributed by atoms with Crippen molar-refractivity contribution in [3.05, 3.63) is 65.5 Å². The average Bonchev–Trinajstić information content (AvgIpc) is 2.65. The number of aryl methyl sites for hydroxylation is 1. The van der Waals surface area contributed by atoms with Crippen molar-refractivity contribution >= 4 is 11.9 Å². The van der Waals surface area contributed by atoms with E-state index in [0.717, 1.165) is 24.8 Å². The molecule has 0 aliphatic heterocycles. The van der Waals surface area contributed by atoms with Gasteiger partial charge in [0.25, 0.3) is 5.91 Å². The van der Waals surface area contributed by atoms with Crippen molar-refractivity contribution in [3.8, 4) is 5.75 Å². The highest BCUT2D eigenvalue weighted by molar-refractivity contribution is 5.81. The normalized spacial score (nSPS) is 15.7. The Labute approximate surface area is 151 Å². The van der Waals surface area contributed by atoms with Crippen LogP contribution in [0.2, 0.25) is 0 Å². The van der Waals surface area contributed by atoms with E-state index in [1.54, 1.807) is 0 Å². The van der Waals surface area contributed by atoms with Crippen molar-refractivity contribution in [2.24, 2.45) is 0 Å². The van der Waals surface area contributed by atoms with Gasteiger partial charge in [0.2, 0.25) is 0 Å². The Hall–Kier alpha value is -2.89. The van der Waals surface area contributed by atoms with Gasteiger partial charge in [-0.1, -0.05) is 30.3 Å². The molecular formula is C20H20FNO4. The summed E-state index contributed by atoms with van der Waals surface area (Å²) in [4.78, 5) is 23.7. The van der Waals surface area contributed by atoms with Gasteiger partial charge in [0, 0.05) is 6.07 Å². The molecule has 0 bridgehead atoms. The zero-order valence-electron chi connectivity index (χ0n) is 14.2. The van der Waals surface area contributed by atoms with Crippen LogP contribution in [0.1, 0.15) is 30.0 Å². The third-order valence-corrected chi connectivity index (χ3v) is 4.22. The second-order valence-electron chi connectivity index (χ2n) is 6.12. The first-order valence-corrected chi connectivity index (χ1v) is 8.53. The Bertz CT molecular complexity index is 793. The molecule has 1 aliphatic carbocycles. The number of benzene rings is 2. The van der Waals surface area contributed by atoms with Crippen molar-refractivity contribution < 1.29 is 23.5 Å². The first-order chi connectivity index (χ1) is 12.6. The van der Waals surface area contributed by atoms with Gasteiger partial charge in [-0.25, -0.2) is 9.18 Å². The van der Waals surface area contributed by atoms with Gasteiger partial charge in [0.15, 0.2) is 13.2 Å². The monoisotopic (exact) mass is 357 g/mol. The molecule has 0 fully saturated rings. The predicted molar refractivity (Wildman–Crippen MR) is 93.1 cm³/mol. The summed E-state index contributed by atoms with van der Waals surface area (Å²) in [5.74, 6) is -1.27. The third-order valence-electron chi connectivity index (χ3n) is 4.22. The maximum Gasteiger partial charge on any atom is 0.344 e. The predicted octanol–water partition coefficient (Wildman–Crippen LogP) is 2.94. The molecule has 2 aromatic carbocycles. The van der Waals surface area contributed by atoms with Crippen LogP contribution >= 0.6 is 0 Å². The highest BCUT2D eigenvalue weighted by Gasteiger charge is 2.21. The Morgan fingerprint density at radius 3 is 2.81 bits per heavy atom. The molecule has 0 spiro atoms. The number of ether oxygens (including phenoxy) is 2. The molecule has 1 N–H and O–H groups in total. The van der Waals surface area contributed by atoms with Gasteiger partial charge in [-0.3, -0.25) is 4.79 Å². The van der Waals surface area contributed by atoms with Gasteiger partial charge in [0.05, 0.1) is 6.04 Å². The van der Waals surface area contributed by atoms with Gasteiger partial charge >= 0.3 is 5.97 Å². The standard InChI is InChI=1S/C20H20FNO4/c21-15-7-4-8-16(11-15)25-13-20(24)26-12-19(23)22-18-10-3-6-14-5-1-2-9-17(14)18/h1-2,4-5,7-9,11,18H,3,6,10,12-13H2,(H,22,23)/t18-/m1/s1. The molecule has 3 rings (SSSR count). The van der Waals surface area contributed by atoms with Crippen LogP contribution in [0.25, 0.3) is 0 Å². The van der Waals surface area contributed by atoms with Gasteiger partial charge in [-0.05, 0) is 42.5 Å². The summed E-state index contributed by atoms with van der Waals surface area (Å²) in [7, 11) is 0. The van der Waals surface area contributed by atoms with E-state index in [4.69, 9.17) is 9.47 Å². The topological polar surface area (TPSA) is 64.6 Å². The van der Waals surface area contributed by atoms with E-state index in [0.29, 0.717) is 0 Å². The fraction of sp³-hybridized carbons (Fsp3) is 0.300. The highest BCUT2D eigenvalue weighted by atomic mass is 19.1. The Kier molecular flexibility index (Phi) is 5.84. The number of nitrogens with one attached hydrogen (secondary N) is 1. The molecule has 0 aromatic heterocycles. The molecular weight excluding hydrogens is 337 g/mol. The van der Waals surface area contributed by atoms with Crippen molar-refractivity contribution in [3.63, 3.8) is 0 Å². The Morgan fingerprint density at radius 2 is 1.96 bits per heavy atom. The van der Waals surface area contributed by atoms with Crippen LogP contribution in [0.3, 0.4) is 0 Å². The number of fused-ring (bicyclic) bond motifs is 1. The van der Waals surface area contributed by atoms with Crippen LogP contribution in [-0.4, -0.2) is 25.1 Å². The number of hydrogen-bond acceptors (Lipinski definition) is 4. The lowest BCUT2D eigenvalue weighted by molar-refractivity contribution is -0.150. The molecule has 5 nitrogen and oxygen atoms in total. The van der Waals surface area contributed by atoms with E-state index in [2.05, 4.69) is 11.4 Å². The minimum Gasteiger partial charge on any atom is -0.482 e. The highest BCUT2D eigenvalue weighted by Crippen LogP contribution is 2.29. The number of esters is 1. The van der Waals surface area contributed by atoms with Crippen LogP contribution < -0.4 is 10.1 Å². The summed E-state index contributed by atoms with van der Waals surface area (Å²) < 4.78 is 23.1. The van der Waals surface area contributed by atoms with Crippen LogP contribution in [0.5, 0.6) is 5.75 Å². The number of amides is 1. The number of halogens is 1. The minimum atomic E-state index is -0.687. The first kappa shape index (κ1) is 17.9. The molecule has 0 radical (unpaired) electrons.